The van der Waals surface area contributed by atoms with Gasteiger partial charge in [0.1, 0.15) is 5.75 Å². The van der Waals surface area contributed by atoms with Crippen LogP contribution in [0.4, 0.5) is 14.5 Å². The van der Waals surface area contributed by atoms with Crippen molar-refractivity contribution >= 4 is 5.69 Å². The molecule has 6 heteroatoms. The number of nitrogens with zero attached hydrogens (tertiary/aromatic N) is 3. The first-order chi connectivity index (χ1) is 12.9. The third-order valence-electron chi connectivity index (χ3n) is 6.31. The van der Waals surface area contributed by atoms with E-state index < -0.39 is 11.8 Å². The van der Waals surface area contributed by atoms with E-state index >= 15 is 0 Å². The van der Waals surface area contributed by atoms with Gasteiger partial charge in [-0.3, -0.25) is 4.68 Å². The number of alkyl halides is 2. The van der Waals surface area contributed by atoms with Crippen LogP contribution in [0, 0.1) is 5.92 Å². The summed E-state index contributed by atoms with van der Waals surface area (Å²) in [6.45, 7) is 2.29. The minimum atomic E-state index is -2.56. The molecule has 4 nitrogen and oxygen atoms in total. The monoisotopic (exact) mass is 373 g/mol. The van der Waals surface area contributed by atoms with Crippen LogP contribution in [0.15, 0.2) is 24.5 Å². The average Bonchev–Trinajstić information content (AvgIpc) is 3.53. The number of halogens is 2. The minimum Gasteiger partial charge on any atom is -0.492 e. The van der Waals surface area contributed by atoms with E-state index in [1.54, 1.807) is 0 Å². The molecule has 0 bridgehead atoms. The summed E-state index contributed by atoms with van der Waals surface area (Å²) in [6.07, 6.45) is 8.16. The fourth-order valence-electron chi connectivity index (χ4n) is 4.02. The summed E-state index contributed by atoms with van der Waals surface area (Å²) >= 11 is 0. The fraction of sp³-hybridized carbons (Fsp3) is 0.571. The van der Waals surface area contributed by atoms with Crippen LogP contribution in [0.3, 0.4) is 0 Å². The zero-order chi connectivity index (χ0) is 18.8. The Morgan fingerprint density at radius 1 is 1.26 bits per heavy atom. The molecule has 2 heterocycles. The smallest absolute Gasteiger partial charge is 0.255 e. The molecule has 0 N–H and O–H groups in total. The van der Waals surface area contributed by atoms with Gasteiger partial charge in [0, 0.05) is 48.1 Å². The summed E-state index contributed by atoms with van der Waals surface area (Å²) in [5.74, 6) is -2.45. The first-order valence-electron chi connectivity index (χ1n) is 9.88. The Hall–Kier alpha value is -2.11. The summed E-state index contributed by atoms with van der Waals surface area (Å²) < 4.78 is 34.8. The van der Waals surface area contributed by atoms with Crippen LogP contribution in [0.25, 0.3) is 11.1 Å². The number of anilines is 1. The molecule has 2 aromatic rings. The third-order valence-corrected chi connectivity index (χ3v) is 6.31. The number of fused-ring (bicyclic) bond motifs is 1. The number of hydrogen-bond acceptors (Lipinski definition) is 3. The highest BCUT2D eigenvalue weighted by Gasteiger charge is 2.57. The van der Waals surface area contributed by atoms with Gasteiger partial charge in [-0.1, -0.05) is 0 Å². The van der Waals surface area contributed by atoms with Gasteiger partial charge in [-0.2, -0.15) is 5.10 Å². The van der Waals surface area contributed by atoms with E-state index in [1.165, 1.54) is 12.8 Å². The van der Waals surface area contributed by atoms with Crippen molar-refractivity contribution in [1.82, 2.24) is 9.78 Å². The molecule has 2 fully saturated rings. The van der Waals surface area contributed by atoms with Crippen molar-refractivity contribution in [3.05, 3.63) is 30.1 Å². The molecule has 2 saturated carbocycles. The van der Waals surface area contributed by atoms with Gasteiger partial charge in [-0.05, 0) is 44.7 Å². The van der Waals surface area contributed by atoms with E-state index in [1.807, 2.05) is 10.9 Å². The van der Waals surface area contributed by atoms with Gasteiger partial charge < -0.3 is 9.64 Å². The van der Waals surface area contributed by atoms with Crippen LogP contribution < -0.4 is 9.64 Å². The second kappa shape index (κ2) is 5.94. The zero-order valence-electron chi connectivity index (χ0n) is 15.8. The predicted molar refractivity (Wildman–Crippen MR) is 101 cm³/mol. The lowest BCUT2D eigenvalue weighted by atomic mass is 9.93. The Balaban J connectivity index is 1.52. The molecular formula is C21H25F2N3O. The predicted octanol–water partition coefficient (Wildman–Crippen LogP) is 4.69. The van der Waals surface area contributed by atoms with Crippen molar-refractivity contribution in [1.29, 1.82) is 0 Å². The number of hydrogen-bond donors (Lipinski definition) is 0. The molecule has 1 aromatic heterocycles. The molecule has 2 aliphatic carbocycles. The van der Waals surface area contributed by atoms with Crippen molar-refractivity contribution in [3.63, 3.8) is 0 Å². The highest BCUT2D eigenvalue weighted by molar-refractivity contribution is 5.77. The molecule has 1 aliphatic heterocycles. The van der Waals surface area contributed by atoms with E-state index in [2.05, 4.69) is 42.3 Å². The Kier molecular flexibility index (Phi) is 3.75. The van der Waals surface area contributed by atoms with E-state index in [-0.39, 0.29) is 13.0 Å². The number of aromatic nitrogens is 2. The normalized spacial score (nSPS) is 26.0. The average molecular weight is 373 g/mol. The van der Waals surface area contributed by atoms with Crippen molar-refractivity contribution in [2.24, 2.45) is 5.92 Å². The first kappa shape index (κ1) is 17.0. The molecule has 0 spiro atoms. The lowest BCUT2D eigenvalue weighted by molar-refractivity contribution is 0.0855. The van der Waals surface area contributed by atoms with Crippen molar-refractivity contribution < 1.29 is 13.5 Å². The maximum absolute atomic E-state index is 13.4. The van der Waals surface area contributed by atoms with E-state index in [0.29, 0.717) is 12.1 Å². The molecule has 0 radical (unpaired) electrons. The van der Waals surface area contributed by atoms with Crippen LogP contribution in [-0.4, -0.2) is 35.4 Å². The summed E-state index contributed by atoms with van der Waals surface area (Å²) in [5.41, 5.74) is 4.25. The molecule has 1 aromatic carbocycles. The molecule has 2 unspecified atom stereocenters. The van der Waals surface area contributed by atoms with Crippen LogP contribution in [0.5, 0.6) is 5.75 Å². The Morgan fingerprint density at radius 3 is 2.74 bits per heavy atom. The van der Waals surface area contributed by atoms with Crippen LogP contribution >= 0.6 is 0 Å². The summed E-state index contributed by atoms with van der Waals surface area (Å²) in [5, 5.41) is 4.50. The highest BCUT2D eigenvalue weighted by atomic mass is 19.3. The Labute approximate surface area is 158 Å². The van der Waals surface area contributed by atoms with Crippen LogP contribution in [0.2, 0.25) is 0 Å². The number of rotatable bonds is 5. The molecule has 144 valence electrons. The topological polar surface area (TPSA) is 30.3 Å². The number of ether oxygens (including phenoxy) is 1. The van der Waals surface area contributed by atoms with Gasteiger partial charge in [-0.15, -0.1) is 0 Å². The Morgan fingerprint density at radius 2 is 2.04 bits per heavy atom. The summed E-state index contributed by atoms with van der Waals surface area (Å²) in [6, 6.07) is 5.16. The second-order valence-corrected chi connectivity index (χ2v) is 8.35. The van der Waals surface area contributed by atoms with Crippen molar-refractivity contribution in [3.8, 4) is 16.9 Å². The maximum Gasteiger partial charge on any atom is 0.255 e. The molecule has 5 rings (SSSR count). The largest absolute Gasteiger partial charge is 0.492 e. The molecule has 0 amide bonds. The molecule has 0 saturated heterocycles. The Bertz CT molecular complexity index is 874. The quantitative estimate of drug-likeness (QED) is 0.762. The van der Waals surface area contributed by atoms with Gasteiger partial charge in [-0.25, -0.2) is 8.78 Å². The molecule has 27 heavy (non-hydrogen) atoms. The second-order valence-electron chi connectivity index (χ2n) is 8.35. The SMILES string of the molecule is CC1CCc2c(ccc(-c3cnn(C4CC4)c3)c2OCC2CC2(F)F)N1C. The zero-order valence-corrected chi connectivity index (χ0v) is 15.8. The molecular weight excluding hydrogens is 348 g/mol. The molecule has 2 atom stereocenters. The van der Waals surface area contributed by atoms with Crippen molar-refractivity contribution in [2.45, 2.75) is 57.0 Å². The maximum atomic E-state index is 13.4. The van der Waals surface area contributed by atoms with E-state index in [0.717, 1.165) is 41.0 Å². The minimum absolute atomic E-state index is 0.0616. The van der Waals surface area contributed by atoms with E-state index in [4.69, 9.17) is 4.74 Å². The van der Waals surface area contributed by atoms with Gasteiger partial charge in [0.15, 0.2) is 0 Å². The van der Waals surface area contributed by atoms with Crippen molar-refractivity contribution in [2.75, 3.05) is 18.6 Å². The van der Waals surface area contributed by atoms with Gasteiger partial charge in [0.05, 0.1) is 24.8 Å². The summed E-state index contributed by atoms with van der Waals surface area (Å²) in [7, 11) is 2.09. The van der Waals surface area contributed by atoms with Gasteiger partial charge in [0.25, 0.3) is 5.92 Å². The highest BCUT2D eigenvalue weighted by Crippen LogP contribution is 2.50. The standard InChI is InChI=1S/C21H25F2N3O/c1-13-3-6-18-19(25(13)2)8-7-17(14-10-24-26(11-14)16-4-5-16)20(18)27-12-15-9-21(15,22)23/h7-8,10-11,13,15-16H,3-6,9,12H2,1-2H3. The third kappa shape index (κ3) is 2.99. The van der Waals surface area contributed by atoms with Gasteiger partial charge >= 0.3 is 0 Å². The van der Waals surface area contributed by atoms with Crippen LogP contribution in [0.1, 0.15) is 44.2 Å². The summed E-state index contributed by atoms with van der Waals surface area (Å²) in [4.78, 5) is 2.26. The first-order valence-corrected chi connectivity index (χ1v) is 9.88. The lowest BCUT2D eigenvalue weighted by Gasteiger charge is -2.35. The molecule has 3 aliphatic rings. The van der Waals surface area contributed by atoms with Gasteiger partial charge in [0.2, 0.25) is 0 Å². The van der Waals surface area contributed by atoms with Crippen LogP contribution in [-0.2, 0) is 6.42 Å². The fourth-order valence-corrected chi connectivity index (χ4v) is 4.02. The lowest BCUT2D eigenvalue weighted by Crippen LogP contribution is -2.33. The van der Waals surface area contributed by atoms with E-state index in [9.17, 15) is 8.78 Å². The number of benzene rings is 1.